The highest BCUT2D eigenvalue weighted by Crippen LogP contribution is 2.21. The lowest BCUT2D eigenvalue weighted by Gasteiger charge is -2.06. The number of hydrogen-bond acceptors (Lipinski definition) is 4. The van der Waals surface area contributed by atoms with Crippen LogP contribution in [0.15, 0.2) is 18.2 Å². The second-order valence-electron chi connectivity index (χ2n) is 2.47. The first-order chi connectivity index (χ1) is 6.31. The highest BCUT2D eigenvalue weighted by Gasteiger charge is 2.02. The second kappa shape index (κ2) is 4.33. The summed E-state index contributed by atoms with van der Waals surface area (Å²) in [5.41, 5.74) is 3.27. The molecule has 0 bridgehead atoms. The molecule has 0 aromatic heterocycles. The molecule has 0 saturated heterocycles. The first-order valence-corrected chi connectivity index (χ1v) is 3.75. The Morgan fingerprint density at radius 2 is 2.38 bits per heavy atom. The van der Waals surface area contributed by atoms with Gasteiger partial charge in [-0.3, -0.25) is 10.7 Å². The SMILES string of the molecule is COc1ccc(NO)c(CC#N)c1. The summed E-state index contributed by atoms with van der Waals surface area (Å²) < 4.78 is 4.98. The van der Waals surface area contributed by atoms with Crippen molar-refractivity contribution in [3.63, 3.8) is 0 Å². The zero-order chi connectivity index (χ0) is 9.68. The Hall–Kier alpha value is -1.73. The number of nitrogens with one attached hydrogen (secondary N) is 1. The number of benzene rings is 1. The molecule has 0 saturated carbocycles. The molecule has 0 spiro atoms. The van der Waals surface area contributed by atoms with Crippen molar-refractivity contribution >= 4 is 5.69 Å². The lowest BCUT2D eigenvalue weighted by Crippen LogP contribution is -1.96. The van der Waals surface area contributed by atoms with Crippen LogP contribution in [0.5, 0.6) is 5.75 Å². The minimum Gasteiger partial charge on any atom is -0.497 e. The van der Waals surface area contributed by atoms with Crippen LogP contribution in [0.3, 0.4) is 0 Å². The molecule has 0 heterocycles. The maximum Gasteiger partial charge on any atom is 0.119 e. The average molecular weight is 178 g/mol. The Morgan fingerprint density at radius 3 is 2.92 bits per heavy atom. The predicted octanol–water partition coefficient (Wildman–Crippen LogP) is 1.56. The number of ether oxygens (including phenoxy) is 1. The van der Waals surface area contributed by atoms with Gasteiger partial charge >= 0.3 is 0 Å². The number of nitriles is 1. The van der Waals surface area contributed by atoms with Gasteiger partial charge in [0, 0.05) is 0 Å². The van der Waals surface area contributed by atoms with E-state index in [0.29, 0.717) is 17.0 Å². The predicted molar refractivity (Wildman–Crippen MR) is 47.7 cm³/mol. The molecule has 0 amide bonds. The summed E-state index contributed by atoms with van der Waals surface area (Å²) in [7, 11) is 1.55. The molecule has 1 rings (SSSR count). The van der Waals surface area contributed by atoms with E-state index in [-0.39, 0.29) is 6.42 Å². The van der Waals surface area contributed by atoms with Gasteiger partial charge in [0.2, 0.25) is 0 Å². The van der Waals surface area contributed by atoms with E-state index < -0.39 is 0 Å². The summed E-state index contributed by atoms with van der Waals surface area (Å²) in [4.78, 5) is 0. The Labute approximate surface area is 76.3 Å². The maximum absolute atomic E-state index is 8.71. The third-order valence-electron chi connectivity index (χ3n) is 1.70. The van der Waals surface area contributed by atoms with Crippen LogP contribution >= 0.6 is 0 Å². The average Bonchev–Trinajstić information content (AvgIpc) is 2.18. The summed E-state index contributed by atoms with van der Waals surface area (Å²) in [5.74, 6) is 0.671. The van der Waals surface area contributed by atoms with Crippen LogP contribution in [0.1, 0.15) is 5.56 Å². The standard InChI is InChI=1S/C9H10N2O2/c1-13-8-2-3-9(11-12)7(6-8)4-5-10/h2-3,6,11-12H,4H2,1H3. The molecule has 0 aliphatic rings. The Morgan fingerprint density at radius 1 is 1.62 bits per heavy atom. The van der Waals surface area contributed by atoms with Gasteiger partial charge in [-0.05, 0) is 23.8 Å². The fourth-order valence-corrected chi connectivity index (χ4v) is 1.04. The third-order valence-corrected chi connectivity index (χ3v) is 1.70. The molecule has 0 unspecified atom stereocenters. The van der Waals surface area contributed by atoms with Gasteiger partial charge in [0.1, 0.15) is 5.75 Å². The summed E-state index contributed by atoms with van der Waals surface area (Å²) >= 11 is 0. The molecule has 1 aromatic rings. The molecular formula is C9H10N2O2. The number of hydrogen-bond donors (Lipinski definition) is 2. The van der Waals surface area contributed by atoms with Crippen molar-refractivity contribution in [1.82, 2.24) is 0 Å². The topological polar surface area (TPSA) is 65.3 Å². The molecule has 0 atom stereocenters. The molecule has 1 aromatic carbocycles. The summed E-state index contributed by atoms with van der Waals surface area (Å²) in [6.45, 7) is 0. The van der Waals surface area contributed by atoms with E-state index in [9.17, 15) is 0 Å². The first-order valence-electron chi connectivity index (χ1n) is 3.75. The van der Waals surface area contributed by atoms with E-state index in [4.69, 9.17) is 15.2 Å². The monoisotopic (exact) mass is 178 g/mol. The number of anilines is 1. The molecule has 13 heavy (non-hydrogen) atoms. The van der Waals surface area contributed by atoms with E-state index in [1.807, 2.05) is 11.5 Å². The van der Waals surface area contributed by atoms with Crippen molar-refractivity contribution in [3.8, 4) is 11.8 Å². The van der Waals surface area contributed by atoms with E-state index in [1.54, 1.807) is 25.3 Å². The van der Waals surface area contributed by atoms with Gasteiger partial charge in [0.05, 0.1) is 25.3 Å². The van der Waals surface area contributed by atoms with E-state index >= 15 is 0 Å². The minimum absolute atomic E-state index is 0.236. The van der Waals surface area contributed by atoms with Crippen LogP contribution < -0.4 is 10.2 Å². The first kappa shape index (κ1) is 9.36. The third kappa shape index (κ3) is 2.10. The van der Waals surface area contributed by atoms with Gasteiger partial charge < -0.3 is 4.74 Å². The van der Waals surface area contributed by atoms with E-state index in [0.717, 1.165) is 0 Å². The highest BCUT2D eigenvalue weighted by molar-refractivity contribution is 5.53. The quantitative estimate of drug-likeness (QED) is 0.689. The van der Waals surface area contributed by atoms with Crippen LogP contribution in [-0.4, -0.2) is 12.3 Å². The molecule has 4 heteroatoms. The van der Waals surface area contributed by atoms with Gasteiger partial charge in [-0.15, -0.1) is 0 Å². The summed E-state index contributed by atoms with van der Waals surface area (Å²) in [5, 5.41) is 17.2. The zero-order valence-corrected chi connectivity index (χ0v) is 7.24. The van der Waals surface area contributed by atoms with Crippen molar-refractivity contribution < 1.29 is 9.94 Å². The molecule has 2 N–H and O–H groups in total. The fraction of sp³-hybridized carbons (Fsp3) is 0.222. The molecule has 0 aliphatic heterocycles. The van der Waals surface area contributed by atoms with Gasteiger partial charge in [-0.1, -0.05) is 0 Å². The van der Waals surface area contributed by atoms with Crippen molar-refractivity contribution in [1.29, 1.82) is 5.26 Å². The van der Waals surface area contributed by atoms with Crippen LogP contribution in [0.25, 0.3) is 0 Å². The number of rotatable bonds is 3. The lowest BCUT2D eigenvalue weighted by atomic mass is 10.1. The van der Waals surface area contributed by atoms with Gasteiger partial charge in [-0.2, -0.15) is 5.26 Å². The fourth-order valence-electron chi connectivity index (χ4n) is 1.04. The molecule has 0 aliphatic carbocycles. The van der Waals surface area contributed by atoms with Crippen LogP contribution in [0.4, 0.5) is 5.69 Å². The Bertz CT molecular complexity index is 331. The number of methoxy groups -OCH3 is 1. The van der Waals surface area contributed by atoms with Gasteiger partial charge in [0.15, 0.2) is 0 Å². The Balaban J connectivity index is 3.04. The van der Waals surface area contributed by atoms with E-state index in [2.05, 4.69) is 0 Å². The Kier molecular flexibility index (Phi) is 3.12. The largest absolute Gasteiger partial charge is 0.497 e. The van der Waals surface area contributed by atoms with Crippen molar-refractivity contribution in [2.75, 3.05) is 12.6 Å². The zero-order valence-electron chi connectivity index (χ0n) is 7.24. The summed E-state index contributed by atoms with van der Waals surface area (Å²) in [6.07, 6.45) is 0.236. The van der Waals surface area contributed by atoms with Crippen LogP contribution in [0, 0.1) is 11.3 Å². The van der Waals surface area contributed by atoms with Crippen LogP contribution in [0.2, 0.25) is 0 Å². The van der Waals surface area contributed by atoms with E-state index in [1.165, 1.54) is 0 Å². The molecule has 0 fully saturated rings. The lowest BCUT2D eigenvalue weighted by molar-refractivity contribution is 0.387. The maximum atomic E-state index is 8.71. The van der Waals surface area contributed by atoms with Crippen molar-refractivity contribution in [2.24, 2.45) is 0 Å². The molecule has 68 valence electrons. The van der Waals surface area contributed by atoms with Crippen LogP contribution in [-0.2, 0) is 6.42 Å². The second-order valence-corrected chi connectivity index (χ2v) is 2.47. The molecule has 4 nitrogen and oxygen atoms in total. The van der Waals surface area contributed by atoms with Crippen molar-refractivity contribution in [2.45, 2.75) is 6.42 Å². The normalized spacial score (nSPS) is 9.00. The highest BCUT2D eigenvalue weighted by atomic mass is 16.5. The smallest absolute Gasteiger partial charge is 0.119 e. The number of nitrogens with zero attached hydrogens (tertiary/aromatic N) is 1. The van der Waals surface area contributed by atoms with Gasteiger partial charge in [0.25, 0.3) is 0 Å². The molecular weight excluding hydrogens is 168 g/mol. The van der Waals surface area contributed by atoms with Crippen molar-refractivity contribution in [3.05, 3.63) is 23.8 Å². The van der Waals surface area contributed by atoms with Gasteiger partial charge in [-0.25, -0.2) is 0 Å². The minimum atomic E-state index is 0.236. The molecule has 0 radical (unpaired) electrons. The summed E-state index contributed by atoms with van der Waals surface area (Å²) in [6, 6.07) is 7.08.